The quantitative estimate of drug-likeness (QED) is 0.712. The first kappa shape index (κ1) is 21.4. The number of carbonyl (C=O) groups is 2. The van der Waals surface area contributed by atoms with Gasteiger partial charge in [0, 0.05) is 36.3 Å². The number of hydrogen-bond donors (Lipinski definition) is 0. The van der Waals surface area contributed by atoms with Crippen molar-refractivity contribution in [2.24, 2.45) is 0 Å². The Bertz CT molecular complexity index is 936. The molecule has 2 aliphatic rings. The number of oxazole rings is 1. The van der Waals surface area contributed by atoms with E-state index in [9.17, 15) is 9.59 Å². The second-order valence-corrected chi connectivity index (χ2v) is 9.54. The second kappa shape index (κ2) is 8.36. The zero-order valence-electron chi connectivity index (χ0n) is 18.8. The van der Waals surface area contributed by atoms with Crippen molar-refractivity contribution in [1.29, 1.82) is 0 Å². The maximum absolute atomic E-state index is 13.5. The molecule has 2 amide bonds. The molecule has 4 rings (SSSR count). The number of hydrogen-bond acceptors (Lipinski definition) is 5. The summed E-state index contributed by atoms with van der Waals surface area (Å²) in [5, 5.41) is 0. The van der Waals surface area contributed by atoms with Gasteiger partial charge in [-0.25, -0.2) is 9.78 Å². The van der Waals surface area contributed by atoms with Gasteiger partial charge >= 0.3 is 6.09 Å². The Hall–Kier alpha value is -2.83. The Kier molecular flexibility index (Phi) is 5.77. The van der Waals surface area contributed by atoms with Crippen LogP contribution in [0.15, 0.2) is 35.2 Å². The highest BCUT2D eigenvalue weighted by Gasteiger charge is 2.40. The minimum atomic E-state index is -0.500. The molecule has 1 aliphatic carbocycles. The minimum Gasteiger partial charge on any atom is -0.444 e. The third kappa shape index (κ3) is 4.92. The Labute approximate surface area is 183 Å². The number of aryl methyl sites for hydroxylation is 1. The van der Waals surface area contributed by atoms with Gasteiger partial charge in [0.2, 0.25) is 0 Å². The lowest BCUT2D eigenvalue weighted by Gasteiger charge is -2.39. The van der Waals surface area contributed by atoms with Gasteiger partial charge in [-0.1, -0.05) is 6.07 Å². The van der Waals surface area contributed by atoms with Gasteiger partial charge in [-0.05, 0) is 71.1 Å². The summed E-state index contributed by atoms with van der Waals surface area (Å²) in [7, 11) is 0. The molecule has 1 saturated carbocycles. The number of piperidine rings is 1. The average molecular weight is 426 g/mol. The summed E-state index contributed by atoms with van der Waals surface area (Å²) in [5.74, 6) is 0.774. The van der Waals surface area contributed by atoms with Crippen LogP contribution in [0.1, 0.15) is 62.4 Å². The lowest BCUT2D eigenvalue weighted by molar-refractivity contribution is 0.0142. The van der Waals surface area contributed by atoms with Crippen LogP contribution in [0.25, 0.3) is 11.3 Å². The molecular formula is C24H31N3O4. The lowest BCUT2D eigenvalue weighted by atomic mass is 9.99. The smallest absolute Gasteiger partial charge is 0.410 e. The fourth-order valence-corrected chi connectivity index (χ4v) is 4.21. The van der Waals surface area contributed by atoms with Crippen LogP contribution in [0, 0.1) is 6.92 Å². The SMILES string of the molecule is Cc1cc(C(=O)N(C2CC2)C2CCN(C(=O)OC(C)(C)C)CC2)ccc1-c1cnco1. The van der Waals surface area contributed by atoms with E-state index in [1.54, 1.807) is 11.1 Å². The highest BCUT2D eigenvalue weighted by molar-refractivity contribution is 5.95. The molecule has 0 atom stereocenters. The Morgan fingerprint density at radius 3 is 2.35 bits per heavy atom. The molecule has 7 nitrogen and oxygen atoms in total. The van der Waals surface area contributed by atoms with Gasteiger partial charge in [0.05, 0.1) is 6.20 Å². The molecule has 166 valence electrons. The van der Waals surface area contributed by atoms with Crippen LogP contribution in [0.3, 0.4) is 0 Å². The number of nitrogens with zero attached hydrogens (tertiary/aromatic N) is 3. The van der Waals surface area contributed by atoms with Gasteiger partial charge in [0.25, 0.3) is 5.91 Å². The zero-order chi connectivity index (χ0) is 22.2. The van der Waals surface area contributed by atoms with Crippen molar-refractivity contribution < 1.29 is 18.7 Å². The normalized spacial score (nSPS) is 17.5. The van der Waals surface area contributed by atoms with Crippen molar-refractivity contribution in [3.63, 3.8) is 0 Å². The number of amides is 2. The summed E-state index contributed by atoms with van der Waals surface area (Å²) in [5.41, 5.74) is 2.12. The third-order valence-electron chi connectivity index (χ3n) is 5.86. The largest absolute Gasteiger partial charge is 0.444 e. The first-order valence-electron chi connectivity index (χ1n) is 11.0. The number of ether oxygens (including phenoxy) is 1. The molecule has 1 aliphatic heterocycles. The fraction of sp³-hybridized carbons (Fsp3) is 0.542. The van der Waals surface area contributed by atoms with Crippen LogP contribution in [-0.4, -0.2) is 57.6 Å². The molecule has 1 aromatic carbocycles. The van der Waals surface area contributed by atoms with Crippen molar-refractivity contribution in [3.8, 4) is 11.3 Å². The van der Waals surface area contributed by atoms with Crippen LogP contribution in [0.2, 0.25) is 0 Å². The van der Waals surface area contributed by atoms with E-state index in [0.717, 1.165) is 36.8 Å². The molecule has 0 N–H and O–H groups in total. The first-order valence-corrected chi connectivity index (χ1v) is 11.0. The summed E-state index contributed by atoms with van der Waals surface area (Å²) < 4.78 is 10.9. The average Bonchev–Trinajstić information content (AvgIpc) is 3.39. The first-order chi connectivity index (χ1) is 14.7. The predicted octanol–water partition coefficient (Wildman–Crippen LogP) is 4.65. The maximum atomic E-state index is 13.5. The molecule has 0 unspecified atom stereocenters. The molecule has 31 heavy (non-hydrogen) atoms. The van der Waals surface area contributed by atoms with Crippen LogP contribution in [-0.2, 0) is 4.74 Å². The molecule has 0 radical (unpaired) electrons. The van der Waals surface area contributed by atoms with E-state index >= 15 is 0 Å². The minimum absolute atomic E-state index is 0.0745. The molecule has 2 fully saturated rings. The van der Waals surface area contributed by atoms with Gasteiger partial charge in [-0.3, -0.25) is 4.79 Å². The molecule has 2 aromatic rings. The summed E-state index contributed by atoms with van der Waals surface area (Å²) in [6, 6.07) is 6.19. The van der Waals surface area contributed by atoms with E-state index in [2.05, 4.69) is 9.88 Å². The molecule has 0 spiro atoms. The van der Waals surface area contributed by atoms with Crippen molar-refractivity contribution >= 4 is 12.0 Å². The number of benzene rings is 1. The monoisotopic (exact) mass is 425 g/mol. The van der Waals surface area contributed by atoms with Crippen molar-refractivity contribution in [2.75, 3.05) is 13.1 Å². The van der Waals surface area contributed by atoms with Crippen molar-refractivity contribution in [2.45, 2.75) is 71.1 Å². The molecule has 1 saturated heterocycles. The Balaban J connectivity index is 1.45. The fourth-order valence-electron chi connectivity index (χ4n) is 4.21. The summed E-state index contributed by atoms with van der Waals surface area (Å²) >= 11 is 0. The van der Waals surface area contributed by atoms with E-state index in [4.69, 9.17) is 9.15 Å². The third-order valence-corrected chi connectivity index (χ3v) is 5.86. The number of aromatic nitrogens is 1. The van der Waals surface area contributed by atoms with E-state index in [0.29, 0.717) is 30.5 Å². The molecule has 0 bridgehead atoms. The molecular weight excluding hydrogens is 394 g/mol. The molecule has 1 aromatic heterocycles. The number of carbonyl (C=O) groups excluding carboxylic acids is 2. The lowest BCUT2D eigenvalue weighted by Crippen LogP contribution is -2.50. The topological polar surface area (TPSA) is 75.9 Å². The Morgan fingerprint density at radius 1 is 1.13 bits per heavy atom. The maximum Gasteiger partial charge on any atom is 0.410 e. The van der Waals surface area contributed by atoms with Gasteiger partial charge in [-0.15, -0.1) is 0 Å². The standard InChI is InChI=1S/C24H31N3O4/c1-16-13-17(5-8-20(16)21-14-25-15-30-21)22(28)27(18-6-7-18)19-9-11-26(12-10-19)23(29)31-24(2,3)4/h5,8,13-15,18-19H,6-7,9-12H2,1-4H3. The number of rotatable bonds is 4. The number of likely N-dealkylation sites (tertiary alicyclic amines) is 1. The Morgan fingerprint density at radius 2 is 1.81 bits per heavy atom. The molecule has 7 heteroatoms. The van der Waals surface area contributed by atoms with Crippen molar-refractivity contribution in [1.82, 2.24) is 14.8 Å². The van der Waals surface area contributed by atoms with E-state index in [-0.39, 0.29) is 18.0 Å². The van der Waals surface area contributed by atoms with Crippen LogP contribution in [0.4, 0.5) is 4.79 Å². The van der Waals surface area contributed by atoms with Gasteiger partial charge in [0.1, 0.15) is 5.60 Å². The van der Waals surface area contributed by atoms with Crippen LogP contribution in [0.5, 0.6) is 0 Å². The highest BCUT2D eigenvalue weighted by Crippen LogP contribution is 2.34. The zero-order valence-corrected chi connectivity index (χ0v) is 18.8. The predicted molar refractivity (Wildman–Crippen MR) is 117 cm³/mol. The van der Waals surface area contributed by atoms with E-state index in [1.165, 1.54) is 6.39 Å². The van der Waals surface area contributed by atoms with E-state index < -0.39 is 5.60 Å². The van der Waals surface area contributed by atoms with E-state index in [1.807, 2.05) is 45.9 Å². The van der Waals surface area contributed by atoms with Crippen LogP contribution < -0.4 is 0 Å². The summed E-state index contributed by atoms with van der Waals surface area (Å²) in [6.07, 6.45) is 6.47. The van der Waals surface area contributed by atoms with Crippen LogP contribution >= 0.6 is 0 Å². The van der Waals surface area contributed by atoms with Gasteiger partial charge in [-0.2, -0.15) is 0 Å². The van der Waals surface area contributed by atoms with Gasteiger partial charge < -0.3 is 19.0 Å². The van der Waals surface area contributed by atoms with Gasteiger partial charge in [0.15, 0.2) is 12.2 Å². The summed E-state index contributed by atoms with van der Waals surface area (Å²) in [4.78, 5) is 33.6. The summed E-state index contributed by atoms with van der Waals surface area (Å²) in [6.45, 7) is 8.83. The molecule has 2 heterocycles. The highest BCUT2D eigenvalue weighted by atomic mass is 16.6. The second-order valence-electron chi connectivity index (χ2n) is 9.54. The van der Waals surface area contributed by atoms with Crippen molar-refractivity contribution in [3.05, 3.63) is 41.9 Å².